The lowest BCUT2D eigenvalue weighted by atomic mass is 10.0. The summed E-state index contributed by atoms with van der Waals surface area (Å²) in [5.41, 5.74) is 2.91. The van der Waals surface area contributed by atoms with Crippen LogP contribution in [0.5, 0.6) is 0 Å². The predicted octanol–water partition coefficient (Wildman–Crippen LogP) is 1.16. The Bertz CT molecular complexity index is 580. The van der Waals surface area contributed by atoms with E-state index >= 15 is 0 Å². The molecule has 0 radical (unpaired) electrons. The van der Waals surface area contributed by atoms with Gasteiger partial charge >= 0.3 is 0 Å². The number of likely N-dealkylation sites (tertiary alicyclic amines) is 1. The highest BCUT2D eigenvalue weighted by Crippen LogP contribution is 2.19. The van der Waals surface area contributed by atoms with Gasteiger partial charge in [0, 0.05) is 12.7 Å². The molecule has 132 valence electrons. The third-order valence-corrected chi connectivity index (χ3v) is 5.01. The first-order chi connectivity index (χ1) is 11.4. The van der Waals surface area contributed by atoms with Gasteiger partial charge in [0.25, 0.3) is 5.91 Å². The summed E-state index contributed by atoms with van der Waals surface area (Å²) in [6, 6.07) is 6.44. The van der Waals surface area contributed by atoms with Crippen molar-refractivity contribution in [1.29, 1.82) is 0 Å². The minimum atomic E-state index is -0.148. The highest BCUT2D eigenvalue weighted by Gasteiger charge is 2.26. The van der Waals surface area contributed by atoms with E-state index in [1.165, 1.54) is 29.1 Å². The fourth-order valence-electron chi connectivity index (χ4n) is 3.34. The van der Waals surface area contributed by atoms with Gasteiger partial charge in [-0.3, -0.25) is 9.59 Å². The number of quaternary nitrogens is 1. The Kier molecular flexibility index (Phi) is 6.37. The van der Waals surface area contributed by atoms with Crippen molar-refractivity contribution in [2.24, 2.45) is 0 Å². The molecule has 1 aromatic carbocycles. The molecule has 1 aliphatic rings. The zero-order valence-corrected chi connectivity index (χ0v) is 15.3. The monoisotopic (exact) mass is 332 g/mol. The Labute approximate surface area is 145 Å². The lowest BCUT2D eigenvalue weighted by Gasteiger charge is -2.30. The molecule has 0 aromatic heterocycles. The minimum absolute atomic E-state index is 0.0374. The van der Waals surface area contributed by atoms with Gasteiger partial charge in [-0.2, -0.15) is 0 Å². The molecule has 5 nitrogen and oxygen atoms in total. The van der Waals surface area contributed by atoms with Crippen molar-refractivity contribution in [3.8, 4) is 0 Å². The number of piperidine rings is 1. The number of carbonyl (C=O) groups is 2. The number of hydrogen-bond acceptors (Lipinski definition) is 2. The van der Waals surface area contributed by atoms with E-state index in [2.05, 4.69) is 12.2 Å². The summed E-state index contributed by atoms with van der Waals surface area (Å²) in [7, 11) is 1.71. The largest absolute Gasteiger partial charge is 0.332 e. The van der Waals surface area contributed by atoms with Crippen molar-refractivity contribution < 1.29 is 14.5 Å². The van der Waals surface area contributed by atoms with Gasteiger partial charge in [0.2, 0.25) is 5.91 Å². The maximum atomic E-state index is 12.4. The molecule has 2 atom stereocenters. The summed E-state index contributed by atoms with van der Waals surface area (Å²) in [5, 5.41) is 2.94. The van der Waals surface area contributed by atoms with Crippen molar-refractivity contribution in [2.45, 2.75) is 46.1 Å². The number of nitrogens with zero attached hydrogens (tertiary/aromatic N) is 1. The Morgan fingerprint density at radius 1 is 1.25 bits per heavy atom. The number of likely N-dealkylation sites (N-methyl/N-ethyl adjacent to an activating group) is 1. The molecule has 1 heterocycles. The van der Waals surface area contributed by atoms with Gasteiger partial charge in [-0.05, 0) is 51.2 Å². The van der Waals surface area contributed by atoms with Crippen molar-refractivity contribution >= 4 is 17.5 Å². The third-order valence-electron chi connectivity index (χ3n) is 5.01. The molecule has 1 aliphatic heterocycles. The van der Waals surface area contributed by atoms with Crippen molar-refractivity contribution in [1.82, 2.24) is 4.90 Å². The number of nitrogens with one attached hydrogen (secondary N) is 2. The minimum Gasteiger partial charge on any atom is -0.332 e. The fourth-order valence-corrected chi connectivity index (χ4v) is 3.34. The van der Waals surface area contributed by atoms with Crippen LogP contribution in [0.3, 0.4) is 0 Å². The molecule has 0 saturated carbocycles. The van der Waals surface area contributed by atoms with E-state index in [0.717, 1.165) is 23.4 Å². The van der Waals surface area contributed by atoms with Gasteiger partial charge < -0.3 is 15.1 Å². The average molecular weight is 332 g/mol. The second-order valence-corrected chi connectivity index (χ2v) is 7.05. The molecule has 2 N–H and O–H groups in total. The van der Waals surface area contributed by atoms with Gasteiger partial charge in [0.15, 0.2) is 6.54 Å². The molecule has 1 unspecified atom stereocenters. The number of amides is 2. The number of hydrogen-bond donors (Lipinski definition) is 2. The molecule has 2 amide bonds. The maximum absolute atomic E-state index is 12.4. The first-order valence-electron chi connectivity index (χ1n) is 8.83. The van der Waals surface area contributed by atoms with Crippen LogP contribution in [0.1, 0.15) is 37.3 Å². The average Bonchev–Trinajstić information content (AvgIpc) is 2.53. The molecule has 5 heteroatoms. The van der Waals surface area contributed by atoms with Crippen LogP contribution in [-0.4, -0.2) is 49.4 Å². The topological polar surface area (TPSA) is 53.9 Å². The van der Waals surface area contributed by atoms with Gasteiger partial charge in [0.1, 0.15) is 0 Å². The second-order valence-electron chi connectivity index (χ2n) is 7.05. The first kappa shape index (κ1) is 18.5. The van der Waals surface area contributed by atoms with E-state index in [9.17, 15) is 9.59 Å². The molecule has 0 bridgehead atoms. The summed E-state index contributed by atoms with van der Waals surface area (Å²) < 4.78 is 0. The van der Waals surface area contributed by atoms with Gasteiger partial charge in [-0.25, -0.2) is 0 Å². The van der Waals surface area contributed by atoms with Gasteiger partial charge in [-0.15, -0.1) is 0 Å². The third kappa shape index (κ3) is 4.81. The maximum Gasteiger partial charge on any atom is 0.277 e. The van der Waals surface area contributed by atoms with E-state index in [1.807, 2.05) is 32.0 Å². The Morgan fingerprint density at radius 2 is 1.92 bits per heavy atom. The zero-order valence-electron chi connectivity index (χ0n) is 15.3. The van der Waals surface area contributed by atoms with Crippen LogP contribution in [0.4, 0.5) is 5.69 Å². The van der Waals surface area contributed by atoms with Gasteiger partial charge in [0.05, 0.1) is 19.1 Å². The summed E-state index contributed by atoms with van der Waals surface area (Å²) in [6.45, 7) is 7.77. The predicted molar refractivity (Wildman–Crippen MR) is 96.2 cm³/mol. The van der Waals surface area contributed by atoms with Crippen LogP contribution in [0.2, 0.25) is 0 Å². The zero-order chi connectivity index (χ0) is 17.7. The summed E-state index contributed by atoms with van der Waals surface area (Å²) in [4.78, 5) is 27.6. The molecular weight excluding hydrogens is 302 g/mol. The number of para-hydroxylation sites is 1. The Balaban J connectivity index is 1.87. The number of benzene rings is 1. The van der Waals surface area contributed by atoms with Gasteiger partial charge in [-0.1, -0.05) is 18.2 Å². The summed E-state index contributed by atoms with van der Waals surface area (Å²) >= 11 is 0. The van der Waals surface area contributed by atoms with E-state index in [4.69, 9.17) is 0 Å². The Morgan fingerprint density at radius 3 is 2.54 bits per heavy atom. The molecule has 0 spiro atoms. The standard InChI is InChI=1S/C19H29N3O2/c1-14-8-7-9-15(2)19(14)20-17(23)12-21(4)18(24)13-22-11-6-5-10-16(22)3/h7-9,16H,5-6,10-13H2,1-4H3,(H,20,23)/p+1/t16-/m1/s1. The van der Waals surface area contributed by atoms with E-state index in [0.29, 0.717) is 12.6 Å². The molecular formula is C19H30N3O2+. The second kappa shape index (κ2) is 8.29. The van der Waals surface area contributed by atoms with Crippen molar-refractivity contribution in [2.75, 3.05) is 32.0 Å². The highest BCUT2D eigenvalue weighted by atomic mass is 16.2. The van der Waals surface area contributed by atoms with Crippen LogP contribution in [0.25, 0.3) is 0 Å². The fraction of sp³-hybridized carbons (Fsp3) is 0.579. The number of anilines is 1. The van der Waals surface area contributed by atoms with E-state index in [1.54, 1.807) is 7.05 Å². The van der Waals surface area contributed by atoms with E-state index < -0.39 is 0 Å². The molecule has 24 heavy (non-hydrogen) atoms. The van der Waals surface area contributed by atoms with Crippen LogP contribution in [0, 0.1) is 13.8 Å². The Hall–Kier alpha value is -1.88. The SMILES string of the molecule is Cc1cccc(C)c1NC(=O)CN(C)C(=O)C[NH+]1CCCC[C@H]1C. The quantitative estimate of drug-likeness (QED) is 0.850. The summed E-state index contributed by atoms with van der Waals surface area (Å²) in [6.07, 6.45) is 3.62. The van der Waals surface area contributed by atoms with Crippen LogP contribution >= 0.6 is 0 Å². The van der Waals surface area contributed by atoms with Crippen LogP contribution < -0.4 is 10.2 Å². The molecule has 2 rings (SSSR count). The number of rotatable bonds is 5. The molecule has 1 fully saturated rings. The first-order valence-corrected chi connectivity index (χ1v) is 8.83. The van der Waals surface area contributed by atoms with Crippen LogP contribution in [-0.2, 0) is 9.59 Å². The molecule has 1 aromatic rings. The van der Waals surface area contributed by atoms with E-state index in [-0.39, 0.29) is 18.4 Å². The lowest BCUT2D eigenvalue weighted by Crippen LogP contribution is -3.17. The van der Waals surface area contributed by atoms with Crippen molar-refractivity contribution in [3.63, 3.8) is 0 Å². The molecule has 1 saturated heterocycles. The van der Waals surface area contributed by atoms with Crippen molar-refractivity contribution in [3.05, 3.63) is 29.3 Å². The van der Waals surface area contributed by atoms with Crippen LogP contribution in [0.15, 0.2) is 18.2 Å². The normalized spacial score (nSPS) is 20.5. The number of carbonyl (C=O) groups excluding carboxylic acids is 2. The smallest absolute Gasteiger partial charge is 0.277 e. The number of aryl methyl sites for hydroxylation is 2. The summed E-state index contributed by atoms with van der Waals surface area (Å²) in [5.74, 6) is -0.111. The lowest BCUT2D eigenvalue weighted by molar-refractivity contribution is -0.921. The molecule has 0 aliphatic carbocycles. The highest BCUT2D eigenvalue weighted by molar-refractivity contribution is 5.95.